The number of halogens is 1. The van der Waals surface area contributed by atoms with Crippen LogP contribution in [0.4, 0.5) is 0 Å². The third kappa shape index (κ3) is 4.94. The number of ether oxygens (including phenoxy) is 1. The lowest BCUT2D eigenvalue weighted by molar-refractivity contribution is -0.123. The van der Waals surface area contributed by atoms with E-state index in [1.165, 1.54) is 0 Å². The predicted octanol–water partition coefficient (Wildman–Crippen LogP) is 1.95. The number of amides is 1. The summed E-state index contributed by atoms with van der Waals surface area (Å²) in [5.41, 5.74) is 6.41. The maximum atomic E-state index is 11.5. The van der Waals surface area contributed by atoms with E-state index < -0.39 is 0 Å². The van der Waals surface area contributed by atoms with Crippen molar-refractivity contribution >= 4 is 17.5 Å². The van der Waals surface area contributed by atoms with Gasteiger partial charge in [0.15, 0.2) is 6.61 Å². The molecule has 1 amide bonds. The lowest BCUT2D eigenvalue weighted by Crippen LogP contribution is -2.31. The molecule has 100 valence electrons. The van der Waals surface area contributed by atoms with Crippen molar-refractivity contribution in [3.05, 3.63) is 28.8 Å². The molecule has 0 atom stereocenters. The monoisotopic (exact) mass is 270 g/mol. The first-order valence-corrected chi connectivity index (χ1v) is 6.28. The number of rotatable bonds is 6. The van der Waals surface area contributed by atoms with Gasteiger partial charge >= 0.3 is 0 Å². The standard InChI is InChI=1S/C13H19ClN2O2/c1-9(2)7-16-13(17)8-18-12-5-11(14)4-3-10(12)6-15/h3-5,9H,6-8,15H2,1-2H3,(H,16,17). The Labute approximate surface area is 112 Å². The summed E-state index contributed by atoms with van der Waals surface area (Å²) in [5.74, 6) is 0.830. The Balaban J connectivity index is 2.52. The molecule has 0 spiro atoms. The van der Waals surface area contributed by atoms with Crippen LogP contribution in [0.25, 0.3) is 0 Å². The molecule has 4 nitrogen and oxygen atoms in total. The van der Waals surface area contributed by atoms with Gasteiger partial charge in [0.05, 0.1) is 0 Å². The van der Waals surface area contributed by atoms with Crippen molar-refractivity contribution in [1.82, 2.24) is 5.32 Å². The minimum atomic E-state index is -0.147. The summed E-state index contributed by atoms with van der Waals surface area (Å²) in [7, 11) is 0. The molecule has 0 aliphatic rings. The molecule has 0 bridgehead atoms. The number of hydrogen-bond donors (Lipinski definition) is 2. The van der Waals surface area contributed by atoms with Gasteiger partial charge in [-0.2, -0.15) is 0 Å². The number of nitrogens with one attached hydrogen (secondary N) is 1. The van der Waals surface area contributed by atoms with Crippen molar-refractivity contribution in [3.63, 3.8) is 0 Å². The van der Waals surface area contributed by atoms with Crippen molar-refractivity contribution in [2.75, 3.05) is 13.2 Å². The van der Waals surface area contributed by atoms with E-state index in [1.807, 2.05) is 13.8 Å². The molecule has 1 aromatic carbocycles. The number of hydrogen-bond acceptors (Lipinski definition) is 3. The van der Waals surface area contributed by atoms with E-state index in [0.717, 1.165) is 5.56 Å². The largest absolute Gasteiger partial charge is 0.483 e. The predicted molar refractivity (Wildman–Crippen MR) is 72.7 cm³/mol. The molecule has 0 unspecified atom stereocenters. The van der Waals surface area contributed by atoms with Gasteiger partial charge in [-0.1, -0.05) is 31.5 Å². The molecule has 0 fully saturated rings. The summed E-state index contributed by atoms with van der Waals surface area (Å²) in [6.07, 6.45) is 0. The Morgan fingerprint density at radius 3 is 2.83 bits per heavy atom. The molecule has 1 rings (SSSR count). The van der Waals surface area contributed by atoms with Crippen molar-refractivity contribution in [1.29, 1.82) is 0 Å². The number of carbonyl (C=O) groups is 1. The van der Waals surface area contributed by atoms with Crippen LogP contribution in [-0.4, -0.2) is 19.1 Å². The Morgan fingerprint density at radius 1 is 1.50 bits per heavy atom. The summed E-state index contributed by atoms with van der Waals surface area (Å²) >= 11 is 5.87. The van der Waals surface area contributed by atoms with Crippen molar-refractivity contribution in [2.45, 2.75) is 20.4 Å². The maximum Gasteiger partial charge on any atom is 0.257 e. The molecule has 3 N–H and O–H groups in total. The summed E-state index contributed by atoms with van der Waals surface area (Å²) in [6.45, 7) is 5.02. The van der Waals surface area contributed by atoms with Gasteiger partial charge in [-0.05, 0) is 18.1 Å². The smallest absolute Gasteiger partial charge is 0.257 e. The van der Waals surface area contributed by atoms with Crippen molar-refractivity contribution < 1.29 is 9.53 Å². The van der Waals surface area contributed by atoms with Gasteiger partial charge in [-0.25, -0.2) is 0 Å². The van der Waals surface area contributed by atoms with Crippen LogP contribution < -0.4 is 15.8 Å². The van der Waals surface area contributed by atoms with E-state index in [0.29, 0.717) is 29.8 Å². The highest BCUT2D eigenvalue weighted by Crippen LogP contribution is 2.22. The van der Waals surface area contributed by atoms with Crippen LogP contribution in [0.2, 0.25) is 5.02 Å². The van der Waals surface area contributed by atoms with Crippen LogP contribution in [0.1, 0.15) is 19.4 Å². The Bertz CT molecular complexity index is 408. The third-order valence-electron chi connectivity index (χ3n) is 2.32. The first-order chi connectivity index (χ1) is 8.52. The first kappa shape index (κ1) is 14.8. The molecule has 0 radical (unpaired) electrons. The number of benzene rings is 1. The second-order valence-electron chi connectivity index (χ2n) is 4.44. The fourth-order valence-corrected chi connectivity index (χ4v) is 1.51. The highest BCUT2D eigenvalue weighted by atomic mass is 35.5. The molecule has 0 aromatic heterocycles. The number of carbonyl (C=O) groups excluding carboxylic acids is 1. The normalized spacial score (nSPS) is 10.5. The van der Waals surface area contributed by atoms with Crippen LogP contribution in [0.15, 0.2) is 18.2 Å². The minimum absolute atomic E-state index is 0.0277. The number of nitrogens with two attached hydrogens (primary N) is 1. The van der Waals surface area contributed by atoms with Crippen molar-refractivity contribution in [2.24, 2.45) is 11.7 Å². The van der Waals surface area contributed by atoms with Gasteiger partial charge in [0.25, 0.3) is 5.91 Å². The molecule has 5 heteroatoms. The van der Waals surface area contributed by atoms with E-state index >= 15 is 0 Å². The fraction of sp³-hybridized carbons (Fsp3) is 0.462. The molecule has 1 aromatic rings. The van der Waals surface area contributed by atoms with Gasteiger partial charge in [0.2, 0.25) is 0 Å². The SMILES string of the molecule is CC(C)CNC(=O)COc1cc(Cl)ccc1CN. The second-order valence-corrected chi connectivity index (χ2v) is 4.88. The van der Waals surface area contributed by atoms with Crippen LogP contribution in [0, 0.1) is 5.92 Å². The van der Waals surface area contributed by atoms with Gasteiger partial charge in [0, 0.05) is 23.7 Å². The summed E-state index contributed by atoms with van der Waals surface area (Å²) < 4.78 is 5.43. The zero-order chi connectivity index (χ0) is 13.5. The summed E-state index contributed by atoms with van der Waals surface area (Å²) in [6, 6.07) is 5.21. The van der Waals surface area contributed by atoms with Crippen LogP contribution in [0.5, 0.6) is 5.75 Å². The molecular formula is C13H19ClN2O2. The zero-order valence-electron chi connectivity index (χ0n) is 10.7. The average Bonchev–Trinajstić information content (AvgIpc) is 2.34. The topological polar surface area (TPSA) is 64.3 Å². The molecule has 0 aliphatic carbocycles. The third-order valence-corrected chi connectivity index (χ3v) is 2.55. The first-order valence-electron chi connectivity index (χ1n) is 5.91. The molecular weight excluding hydrogens is 252 g/mol. The molecule has 0 saturated carbocycles. The highest BCUT2D eigenvalue weighted by molar-refractivity contribution is 6.30. The maximum absolute atomic E-state index is 11.5. The molecule has 18 heavy (non-hydrogen) atoms. The van der Waals surface area contributed by atoms with E-state index in [4.69, 9.17) is 22.1 Å². The van der Waals surface area contributed by atoms with Gasteiger partial charge < -0.3 is 15.8 Å². The van der Waals surface area contributed by atoms with E-state index in [1.54, 1.807) is 18.2 Å². The fourth-order valence-electron chi connectivity index (χ4n) is 1.34. The van der Waals surface area contributed by atoms with Crippen LogP contribution >= 0.6 is 11.6 Å². The molecule has 0 heterocycles. The van der Waals surface area contributed by atoms with E-state index in [-0.39, 0.29) is 12.5 Å². The van der Waals surface area contributed by atoms with Crippen LogP contribution in [0.3, 0.4) is 0 Å². The van der Waals surface area contributed by atoms with E-state index in [9.17, 15) is 4.79 Å². The van der Waals surface area contributed by atoms with Crippen LogP contribution in [-0.2, 0) is 11.3 Å². The Morgan fingerprint density at radius 2 is 2.22 bits per heavy atom. The minimum Gasteiger partial charge on any atom is -0.483 e. The summed E-state index contributed by atoms with van der Waals surface area (Å²) in [4.78, 5) is 11.5. The second kappa shape index (κ2) is 7.24. The quantitative estimate of drug-likeness (QED) is 0.830. The van der Waals surface area contributed by atoms with Gasteiger partial charge in [-0.3, -0.25) is 4.79 Å². The van der Waals surface area contributed by atoms with Gasteiger partial charge in [-0.15, -0.1) is 0 Å². The van der Waals surface area contributed by atoms with Gasteiger partial charge in [0.1, 0.15) is 5.75 Å². The lowest BCUT2D eigenvalue weighted by atomic mass is 10.2. The molecule has 0 aliphatic heterocycles. The lowest BCUT2D eigenvalue weighted by Gasteiger charge is -2.11. The average molecular weight is 271 g/mol. The molecule has 0 saturated heterocycles. The van der Waals surface area contributed by atoms with Crippen molar-refractivity contribution in [3.8, 4) is 5.75 Å². The zero-order valence-corrected chi connectivity index (χ0v) is 11.5. The summed E-state index contributed by atoms with van der Waals surface area (Å²) in [5, 5.41) is 3.34. The highest BCUT2D eigenvalue weighted by Gasteiger charge is 2.07. The Kier molecular flexibility index (Phi) is 5.95. The van der Waals surface area contributed by atoms with E-state index in [2.05, 4.69) is 5.32 Å². The Hall–Kier alpha value is -1.26.